The van der Waals surface area contributed by atoms with E-state index in [1.165, 1.54) is 0 Å². The van der Waals surface area contributed by atoms with Gasteiger partial charge in [-0.2, -0.15) is 4.57 Å². The second kappa shape index (κ2) is 5.65. The van der Waals surface area contributed by atoms with Gasteiger partial charge in [-0.15, -0.1) is 0 Å². The number of carbonyl (C=O) groups excluding carboxylic acids is 1. The van der Waals surface area contributed by atoms with E-state index in [1.54, 1.807) is 0 Å². The van der Waals surface area contributed by atoms with Crippen molar-refractivity contribution in [2.75, 3.05) is 5.32 Å². The molecule has 19 heavy (non-hydrogen) atoms. The van der Waals surface area contributed by atoms with Gasteiger partial charge in [-0.25, -0.2) is 0 Å². The molecule has 2 rings (SSSR count). The van der Waals surface area contributed by atoms with Crippen molar-refractivity contribution in [3.05, 3.63) is 59.9 Å². The van der Waals surface area contributed by atoms with Crippen LogP contribution in [-0.2, 0) is 4.79 Å². The summed E-state index contributed by atoms with van der Waals surface area (Å²) in [5, 5.41) is 2.95. The highest BCUT2D eigenvalue weighted by Gasteiger charge is 2.23. The van der Waals surface area contributed by atoms with E-state index in [0.717, 1.165) is 16.9 Å². The number of carbonyl (C=O) groups is 1. The normalized spacial score (nSPS) is 11.9. The lowest BCUT2D eigenvalue weighted by molar-refractivity contribution is -0.711. The van der Waals surface area contributed by atoms with E-state index in [1.807, 2.05) is 74.0 Å². The zero-order valence-corrected chi connectivity index (χ0v) is 11.6. The Kier molecular flexibility index (Phi) is 3.95. The van der Waals surface area contributed by atoms with E-state index >= 15 is 0 Å². The maximum atomic E-state index is 12.2. The zero-order valence-electron chi connectivity index (χ0n) is 11.6. The maximum absolute atomic E-state index is 12.2. The predicted molar refractivity (Wildman–Crippen MR) is 75.9 cm³/mol. The lowest BCUT2D eigenvalue weighted by Gasteiger charge is -2.10. The van der Waals surface area contributed by atoms with E-state index in [2.05, 4.69) is 5.32 Å². The lowest BCUT2D eigenvalue weighted by Crippen LogP contribution is -2.46. The summed E-state index contributed by atoms with van der Waals surface area (Å²) in [5.41, 5.74) is 3.04. The highest BCUT2D eigenvalue weighted by molar-refractivity contribution is 5.92. The van der Waals surface area contributed by atoms with Gasteiger partial charge in [0.25, 0.3) is 5.91 Å². The summed E-state index contributed by atoms with van der Waals surface area (Å²) in [6.07, 6.45) is 1.93. The molecule has 0 saturated carbocycles. The molecule has 3 heteroatoms. The van der Waals surface area contributed by atoms with Crippen LogP contribution in [0.1, 0.15) is 24.2 Å². The van der Waals surface area contributed by atoms with Gasteiger partial charge in [0.05, 0.1) is 0 Å². The Morgan fingerprint density at radius 3 is 2.63 bits per heavy atom. The van der Waals surface area contributed by atoms with E-state index < -0.39 is 0 Å². The number of hydrogen-bond donors (Lipinski definition) is 1. The molecule has 0 bridgehead atoms. The first-order valence-corrected chi connectivity index (χ1v) is 6.42. The third-order valence-electron chi connectivity index (χ3n) is 3.18. The van der Waals surface area contributed by atoms with E-state index in [4.69, 9.17) is 0 Å². The summed E-state index contributed by atoms with van der Waals surface area (Å²) in [5.74, 6) is -0.00935. The molecule has 0 aliphatic carbocycles. The fraction of sp³-hybridized carbons (Fsp3) is 0.250. The minimum Gasteiger partial charge on any atom is -0.320 e. The number of hydrogen-bond acceptors (Lipinski definition) is 1. The van der Waals surface area contributed by atoms with Gasteiger partial charge in [0.2, 0.25) is 6.04 Å². The summed E-state index contributed by atoms with van der Waals surface area (Å²) in [4.78, 5) is 12.2. The highest BCUT2D eigenvalue weighted by Crippen LogP contribution is 2.11. The third-order valence-corrected chi connectivity index (χ3v) is 3.18. The molecule has 0 spiro atoms. The van der Waals surface area contributed by atoms with Gasteiger partial charge >= 0.3 is 0 Å². The topological polar surface area (TPSA) is 33.0 Å². The summed E-state index contributed by atoms with van der Waals surface area (Å²) in [7, 11) is 0. The summed E-state index contributed by atoms with van der Waals surface area (Å²) >= 11 is 0. The van der Waals surface area contributed by atoms with Crippen molar-refractivity contribution in [2.45, 2.75) is 26.8 Å². The van der Waals surface area contributed by atoms with Crippen molar-refractivity contribution in [2.24, 2.45) is 0 Å². The number of anilines is 1. The number of nitrogens with zero attached hydrogens (tertiary/aromatic N) is 1. The fourth-order valence-electron chi connectivity index (χ4n) is 2.07. The van der Waals surface area contributed by atoms with Gasteiger partial charge in [0.1, 0.15) is 0 Å². The standard InChI is InChI=1S/C16H18N2O/c1-12-7-6-9-15(11-12)17-16(19)14(3)18-10-5-4-8-13(18)2/h4-11,14H,1-3H3/p+1/t14-/m0/s1. The minimum atomic E-state index is -0.235. The molecule has 3 nitrogen and oxygen atoms in total. The molecule has 0 aliphatic rings. The fourth-order valence-corrected chi connectivity index (χ4v) is 2.07. The van der Waals surface area contributed by atoms with Crippen LogP contribution in [0.2, 0.25) is 0 Å². The lowest BCUT2D eigenvalue weighted by atomic mass is 10.2. The van der Waals surface area contributed by atoms with E-state index in [9.17, 15) is 4.79 Å². The van der Waals surface area contributed by atoms with Gasteiger partial charge in [0, 0.05) is 31.7 Å². The summed E-state index contributed by atoms with van der Waals surface area (Å²) in [6, 6.07) is 13.5. The number of amides is 1. The Morgan fingerprint density at radius 2 is 1.95 bits per heavy atom. The molecule has 0 fully saturated rings. The van der Waals surface area contributed by atoms with Crippen molar-refractivity contribution in [1.82, 2.24) is 0 Å². The van der Waals surface area contributed by atoms with Crippen LogP contribution in [-0.4, -0.2) is 5.91 Å². The Balaban J connectivity index is 2.14. The molecule has 98 valence electrons. The van der Waals surface area contributed by atoms with Gasteiger partial charge < -0.3 is 5.32 Å². The Hall–Kier alpha value is -2.16. The summed E-state index contributed by atoms with van der Waals surface area (Å²) in [6.45, 7) is 5.91. The largest absolute Gasteiger partial charge is 0.320 e. The van der Waals surface area contributed by atoms with Crippen LogP contribution in [0.4, 0.5) is 5.69 Å². The molecular weight excluding hydrogens is 236 g/mol. The average molecular weight is 255 g/mol. The number of aromatic nitrogens is 1. The third kappa shape index (κ3) is 3.19. The first-order chi connectivity index (χ1) is 9.08. The number of nitrogens with one attached hydrogen (secondary N) is 1. The summed E-state index contributed by atoms with van der Waals surface area (Å²) < 4.78 is 1.96. The Morgan fingerprint density at radius 1 is 1.16 bits per heavy atom. The predicted octanol–water partition coefficient (Wildman–Crippen LogP) is 2.79. The van der Waals surface area contributed by atoms with E-state index in [-0.39, 0.29) is 11.9 Å². The number of pyridine rings is 1. The van der Waals surface area contributed by atoms with Crippen LogP contribution in [0.5, 0.6) is 0 Å². The van der Waals surface area contributed by atoms with Crippen molar-refractivity contribution >= 4 is 11.6 Å². The van der Waals surface area contributed by atoms with Crippen LogP contribution in [0.15, 0.2) is 48.7 Å². The van der Waals surface area contributed by atoms with Gasteiger partial charge in [0.15, 0.2) is 11.9 Å². The van der Waals surface area contributed by atoms with Gasteiger partial charge in [-0.3, -0.25) is 4.79 Å². The smallest absolute Gasteiger partial charge is 0.293 e. The molecule has 1 N–H and O–H groups in total. The molecule has 1 amide bonds. The molecule has 1 aromatic carbocycles. The molecule has 2 aromatic rings. The number of aryl methyl sites for hydroxylation is 2. The second-order valence-corrected chi connectivity index (χ2v) is 4.78. The Bertz CT molecular complexity index is 593. The molecule has 1 atom stereocenters. The maximum Gasteiger partial charge on any atom is 0.293 e. The quantitative estimate of drug-likeness (QED) is 0.841. The van der Waals surface area contributed by atoms with Crippen LogP contribution >= 0.6 is 0 Å². The zero-order chi connectivity index (χ0) is 13.8. The van der Waals surface area contributed by atoms with Crippen LogP contribution in [0.3, 0.4) is 0 Å². The van der Waals surface area contributed by atoms with Crippen molar-refractivity contribution < 1.29 is 9.36 Å². The van der Waals surface area contributed by atoms with Crippen molar-refractivity contribution in [1.29, 1.82) is 0 Å². The average Bonchev–Trinajstić information content (AvgIpc) is 2.38. The second-order valence-electron chi connectivity index (χ2n) is 4.78. The SMILES string of the molecule is Cc1cccc(NC(=O)[C@H](C)[n+]2ccccc2C)c1. The molecule has 0 aliphatic heterocycles. The first kappa shape index (κ1) is 13.3. The molecule has 1 aromatic heterocycles. The van der Waals surface area contributed by atoms with Crippen LogP contribution in [0.25, 0.3) is 0 Å². The molecular formula is C16H19N2O+. The monoisotopic (exact) mass is 255 g/mol. The highest BCUT2D eigenvalue weighted by atomic mass is 16.2. The first-order valence-electron chi connectivity index (χ1n) is 6.42. The molecule has 0 radical (unpaired) electrons. The van der Waals surface area contributed by atoms with Gasteiger partial charge in [-0.05, 0) is 24.6 Å². The number of rotatable bonds is 3. The van der Waals surface area contributed by atoms with Crippen LogP contribution in [0, 0.1) is 13.8 Å². The number of benzene rings is 1. The van der Waals surface area contributed by atoms with Gasteiger partial charge in [-0.1, -0.05) is 18.2 Å². The minimum absolute atomic E-state index is 0.00935. The molecule has 0 saturated heterocycles. The Labute approximate surface area is 113 Å². The van der Waals surface area contributed by atoms with E-state index in [0.29, 0.717) is 0 Å². The molecule has 1 heterocycles. The van der Waals surface area contributed by atoms with Crippen molar-refractivity contribution in [3.63, 3.8) is 0 Å². The van der Waals surface area contributed by atoms with Crippen LogP contribution < -0.4 is 9.88 Å². The molecule has 0 unspecified atom stereocenters. The van der Waals surface area contributed by atoms with Crippen molar-refractivity contribution in [3.8, 4) is 0 Å².